The predicted molar refractivity (Wildman–Crippen MR) is 107 cm³/mol. The minimum atomic E-state index is -3.70. The molecule has 0 saturated heterocycles. The second-order valence-electron chi connectivity index (χ2n) is 5.98. The Morgan fingerprint density at radius 3 is 2.79 bits per heavy atom. The van der Waals surface area contributed by atoms with Crippen LogP contribution in [-0.2, 0) is 36.1 Å². The van der Waals surface area contributed by atoms with Gasteiger partial charge in [0.25, 0.3) is 0 Å². The first kappa shape index (κ1) is 17.4. The molecule has 2 aromatic rings. The van der Waals surface area contributed by atoms with Gasteiger partial charge >= 0.3 is 13.8 Å². The third kappa shape index (κ3) is 4.43. The monoisotopic (exact) mass is 448 g/mol. The lowest BCUT2D eigenvalue weighted by Gasteiger charge is -2.33. The third-order valence-corrected chi connectivity index (χ3v) is 7.31. The fraction of sp³-hybridized carbons (Fsp3) is 0.389. The van der Waals surface area contributed by atoms with Crippen LogP contribution in [-0.4, -0.2) is 38.7 Å². The van der Waals surface area contributed by atoms with Crippen molar-refractivity contribution in [2.24, 2.45) is 0 Å². The molecular weight excluding hydrogens is 425 g/mol. The van der Waals surface area contributed by atoms with E-state index in [-0.39, 0.29) is 0 Å². The van der Waals surface area contributed by atoms with Gasteiger partial charge in [0.05, 0.1) is 11.2 Å². The molecular formula is C18H21ClNO6PS. The first-order valence-electron chi connectivity index (χ1n) is 9.79. The summed E-state index contributed by atoms with van der Waals surface area (Å²) >= 11 is 7.62. The molecule has 152 valence electrons. The molecule has 0 amide bonds. The normalized spacial score (nSPS) is 17.8. The van der Waals surface area contributed by atoms with Crippen molar-refractivity contribution in [1.29, 1.82) is 0 Å². The maximum Gasteiger partial charge on any atom is 0.530 e. The van der Waals surface area contributed by atoms with Crippen LogP contribution in [0.15, 0.2) is 30.3 Å². The van der Waals surface area contributed by atoms with Gasteiger partial charge in [-0.15, -0.1) is 11.3 Å². The molecule has 1 aliphatic heterocycles. The number of esters is 1. The Morgan fingerprint density at radius 2 is 2.11 bits per heavy atom. The fourth-order valence-corrected chi connectivity index (χ4v) is 5.20. The summed E-state index contributed by atoms with van der Waals surface area (Å²) in [7, 11) is -4.11. The zero-order valence-corrected chi connectivity index (χ0v) is 17.7. The molecule has 0 N–H and O–H groups in total. The van der Waals surface area contributed by atoms with Gasteiger partial charge in [-0.25, -0.2) is 9.36 Å². The molecule has 1 aromatic heterocycles. The van der Waals surface area contributed by atoms with Gasteiger partial charge in [0.15, 0.2) is 5.06 Å². The van der Waals surface area contributed by atoms with Gasteiger partial charge in [-0.05, 0) is 29.7 Å². The van der Waals surface area contributed by atoms with Gasteiger partial charge in [-0.3, -0.25) is 13.9 Å². The molecule has 1 atom stereocenters. The topological polar surface area (TPSA) is 74.3 Å². The molecule has 1 aromatic carbocycles. The number of thiophene rings is 1. The number of hydrogen-bond acceptors (Lipinski definition) is 8. The highest BCUT2D eigenvalue weighted by Gasteiger charge is 2.34. The minimum Gasteiger partial charge on any atom is -0.468 e. The van der Waals surface area contributed by atoms with Gasteiger partial charge in [0.1, 0.15) is 6.04 Å². The lowest BCUT2D eigenvalue weighted by Crippen LogP contribution is -2.38. The Labute approximate surface area is 176 Å². The van der Waals surface area contributed by atoms with Crippen molar-refractivity contribution in [2.75, 3.05) is 27.8 Å². The number of carbonyl (C=O) groups excluding carboxylic acids is 1. The first-order valence-corrected chi connectivity index (χ1v) is 10.9. The first-order chi connectivity index (χ1) is 14.5. The second kappa shape index (κ2) is 8.95. The maximum atomic E-state index is 12.8. The van der Waals surface area contributed by atoms with Crippen LogP contribution in [0.25, 0.3) is 0 Å². The Kier molecular flexibility index (Phi) is 5.57. The molecule has 0 fully saturated rings. The smallest absolute Gasteiger partial charge is 0.468 e. The number of carbonyl (C=O) groups is 1. The average molecular weight is 449 g/mol. The highest BCUT2D eigenvalue weighted by Crippen LogP contribution is 2.50. The highest BCUT2D eigenvalue weighted by molar-refractivity contribution is 7.49. The van der Waals surface area contributed by atoms with E-state index in [0.717, 1.165) is 10.4 Å². The lowest BCUT2D eigenvalue weighted by molar-refractivity contribution is -0.147. The molecule has 0 saturated carbocycles. The molecule has 28 heavy (non-hydrogen) atoms. The summed E-state index contributed by atoms with van der Waals surface area (Å²) in [6, 6.07) is 7.43. The van der Waals surface area contributed by atoms with Gasteiger partial charge < -0.3 is 9.26 Å². The number of hydrogen-bond donors (Lipinski definition) is 0. The summed E-state index contributed by atoms with van der Waals surface area (Å²) < 4.78 is 53.9. The summed E-state index contributed by atoms with van der Waals surface area (Å²) in [6.45, 7) is 0.761. The lowest BCUT2D eigenvalue weighted by atomic mass is 10.0. The van der Waals surface area contributed by atoms with E-state index in [1.54, 1.807) is 35.2 Å². The summed E-state index contributed by atoms with van der Waals surface area (Å²) in [6.07, 6.45) is 0.565. The fourth-order valence-electron chi connectivity index (χ4n) is 3.08. The molecule has 2 heterocycles. The molecule has 0 aliphatic carbocycles. The Balaban J connectivity index is 1.89. The molecule has 0 spiro atoms. The molecule has 1 aliphatic rings. The maximum absolute atomic E-state index is 12.8. The Bertz CT molecular complexity index is 993. The molecule has 7 nitrogen and oxygen atoms in total. The van der Waals surface area contributed by atoms with E-state index in [4.69, 9.17) is 34.0 Å². The van der Waals surface area contributed by atoms with Crippen LogP contribution in [0.1, 0.15) is 26.2 Å². The third-order valence-electron chi connectivity index (χ3n) is 4.41. The van der Waals surface area contributed by atoms with E-state index >= 15 is 0 Å². The van der Waals surface area contributed by atoms with Gasteiger partial charge in [0, 0.05) is 37.2 Å². The van der Waals surface area contributed by atoms with Gasteiger partial charge in [0.2, 0.25) is 0 Å². The second-order valence-corrected chi connectivity index (χ2v) is 9.30. The zero-order valence-electron chi connectivity index (χ0n) is 18.2. The highest BCUT2D eigenvalue weighted by atomic mass is 35.5. The van der Waals surface area contributed by atoms with Crippen LogP contribution in [0.4, 0.5) is 0 Å². The van der Waals surface area contributed by atoms with Gasteiger partial charge in [-0.2, -0.15) is 0 Å². The number of ether oxygens (including phenoxy) is 1. The summed E-state index contributed by atoms with van der Waals surface area (Å²) in [4.78, 5) is 15.6. The van der Waals surface area contributed by atoms with Crippen LogP contribution in [0.2, 0.25) is 5.02 Å². The number of phosphoric acid groups is 1. The number of nitrogens with zero attached hydrogens (tertiary/aromatic N) is 1. The van der Waals surface area contributed by atoms with Crippen molar-refractivity contribution in [2.45, 2.75) is 19.0 Å². The van der Waals surface area contributed by atoms with Crippen molar-refractivity contribution in [3.63, 3.8) is 0 Å². The number of phosphoric ester groups is 1. The minimum absolute atomic E-state index is 0.311. The zero-order chi connectivity index (χ0) is 22.8. The van der Waals surface area contributed by atoms with E-state index in [1.165, 1.54) is 25.6 Å². The van der Waals surface area contributed by atoms with E-state index in [9.17, 15) is 9.36 Å². The summed E-state index contributed by atoms with van der Waals surface area (Å²) in [5, 5.41) is 0.689. The van der Waals surface area contributed by atoms with Crippen molar-refractivity contribution >= 4 is 36.7 Å². The van der Waals surface area contributed by atoms with Crippen molar-refractivity contribution in [3.05, 3.63) is 51.4 Å². The summed E-state index contributed by atoms with van der Waals surface area (Å²) in [5.41, 5.74) is 1.31. The largest absolute Gasteiger partial charge is 0.530 e. The standard InChI is InChI=1S/C18H21ClNO6PS/c1-23-18(21)17(13-6-4-5-7-14(13)19)20-9-8-15-12(11-20)10-16(28-15)26-27(22,24-2)25-3/h4-7,10,17H,8-9,11H2,1-3H3/t17-/m0/s1/i1D3. The molecule has 0 bridgehead atoms. The molecule has 0 radical (unpaired) electrons. The SMILES string of the molecule is [2H]C([2H])([2H])OC(=O)[C@H](c1ccccc1Cl)N1CCc2sc(OP(=O)(OC)OC)cc2C1. The Hall–Kier alpha value is -1.41. The van der Waals surface area contributed by atoms with Crippen LogP contribution in [0, 0.1) is 0 Å². The Morgan fingerprint density at radius 1 is 1.36 bits per heavy atom. The quantitative estimate of drug-likeness (QED) is 0.457. The van der Waals surface area contributed by atoms with Gasteiger partial charge in [-0.1, -0.05) is 29.8 Å². The number of halogens is 1. The van der Waals surface area contributed by atoms with E-state index in [2.05, 4.69) is 0 Å². The molecule has 3 rings (SSSR count). The van der Waals surface area contributed by atoms with Crippen molar-refractivity contribution < 1.29 is 31.8 Å². The van der Waals surface area contributed by atoms with E-state index < -0.39 is 26.9 Å². The summed E-state index contributed by atoms with van der Waals surface area (Å²) in [5.74, 6) is -0.911. The van der Waals surface area contributed by atoms with Crippen LogP contribution in [0.5, 0.6) is 5.06 Å². The van der Waals surface area contributed by atoms with E-state index in [1.807, 2.05) is 0 Å². The molecule has 10 heteroatoms. The van der Waals surface area contributed by atoms with Crippen molar-refractivity contribution in [3.8, 4) is 5.06 Å². The van der Waals surface area contributed by atoms with Crippen molar-refractivity contribution in [1.82, 2.24) is 4.90 Å². The number of rotatable bonds is 7. The number of benzene rings is 1. The van der Waals surface area contributed by atoms with Crippen LogP contribution in [0.3, 0.4) is 0 Å². The number of fused-ring (bicyclic) bond motifs is 1. The van der Waals surface area contributed by atoms with E-state index in [0.29, 0.717) is 35.2 Å². The average Bonchev–Trinajstić information content (AvgIpc) is 3.09. The molecule has 0 unspecified atom stereocenters. The van der Waals surface area contributed by atoms with Crippen LogP contribution >= 0.6 is 30.8 Å². The predicted octanol–water partition coefficient (Wildman–Crippen LogP) is 4.45. The van der Waals surface area contributed by atoms with Crippen LogP contribution < -0.4 is 4.52 Å². The number of methoxy groups -OCH3 is 1.